The normalized spacial score (nSPS) is 22.7. The fourth-order valence-electron chi connectivity index (χ4n) is 3.33. The number of rotatable bonds is 2. The smallest absolute Gasteiger partial charge is 0.261 e. The summed E-state index contributed by atoms with van der Waals surface area (Å²) in [5, 5.41) is 5.57. The Morgan fingerprint density at radius 1 is 1.32 bits per heavy atom. The number of aromatic nitrogens is 2. The molecule has 0 N–H and O–H groups in total. The number of ether oxygens (including phenoxy) is 1. The summed E-state index contributed by atoms with van der Waals surface area (Å²) in [4.78, 5) is 15.3. The first-order chi connectivity index (χ1) is 12.1. The van der Waals surface area contributed by atoms with Crippen LogP contribution in [0.25, 0.3) is 0 Å². The summed E-state index contributed by atoms with van der Waals surface area (Å²) < 4.78 is 32.5. The van der Waals surface area contributed by atoms with Crippen molar-refractivity contribution in [2.45, 2.75) is 24.6 Å². The molecule has 0 aromatic carbocycles. The lowest BCUT2D eigenvalue weighted by Crippen LogP contribution is -2.34. The molecule has 4 heterocycles. The molecule has 1 fully saturated rings. The topological polar surface area (TPSA) is 81.5 Å². The highest BCUT2D eigenvalue weighted by atomic mass is 32.2. The summed E-state index contributed by atoms with van der Waals surface area (Å²) in [6, 6.07) is 3.71. The van der Waals surface area contributed by atoms with Crippen molar-refractivity contribution in [3.63, 3.8) is 0 Å². The zero-order valence-corrected chi connectivity index (χ0v) is 15.3. The lowest BCUT2D eigenvalue weighted by atomic mass is 10.2. The molecule has 0 bridgehead atoms. The van der Waals surface area contributed by atoms with Gasteiger partial charge in [-0.1, -0.05) is 6.07 Å². The summed E-state index contributed by atoms with van der Waals surface area (Å²) in [6.07, 6.45) is 2.81. The van der Waals surface area contributed by atoms with Crippen molar-refractivity contribution >= 4 is 27.1 Å². The van der Waals surface area contributed by atoms with Crippen molar-refractivity contribution in [2.24, 2.45) is 0 Å². The van der Waals surface area contributed by atoms with Gasteiger partial charge in [-0.25, -0.2) is 13.1 Å². The van der Waals surface area contributed by atoms with Gasteiger partial charge >= 0.3 is 0 Å². The van der Waals surface area contributed by atoms with Crippen LogP contribution in [0.4, 0.5) is 0 Å². The maximum atomic E-state index is 12.9. The Labute approximate surface area is 150 Å². The average Bonchev–Trinajstić information content (AvgIpc) is 3.23. The first kappa shape index (κ1) is 16.6. The van der Waals surface area contributed by atoms with Gasteiger partial charge in [0.25, 0.3) is 5.91 Å². The fraction of sp³-hybridized carbons (Fsp3) is 0.500. The van der Waals surface area contributed by atoms with Gasteiger partial charge < -0.3 is 9.64 Å². The number of nitrogens with zero attached hydrogens (tertiary/aromatic N) is 3. The van der Waals surface area contributed by atoms with Crippen LogP contribution in [0.3, 0.4) is 0 Å². The third-order valence-electron chi connectivity index (χ3n) is 4.66. The van der Waals surface area contributed by atoms with E-state index in [1.807, 2.05) is 17.5 Å². The third kappa shape index (κ3) is 3.06. The first-order valence-corrected chi connectivity index (χ1v) is 10.9. The molecule has 1 amide bonds. The van der Waals surface area contributed by atoms with Gasteiger partial charge in [0.1, 0.15) is 5.56 Å². The van der Waals surface area contributed by atoms with E-state index in [0.29, 0.717) is 31.0 Å². The van der Waals surface area contributed by atoms with E-state index in [-0.39, 0.29) is 18.2 Å². The Balaban J connectivity index is 1.56. The van der Waals surface area contributed by atoms with Gasteiger partial charge in [-0.05, 0) is 17.9 Å². The molecule has 7 nitrogen and oxygen atoms in total. The molecule has 0 saturated carbocycles. The van der Waals surface area contributed by atoms with Gasteiger partial charge in [0.05, 0.1) is 23.8 Å². The number of sulfone groups is 1. The van der Waals surface area contributed by atoms with Crippen LogP contribution < -0.4 is 4.74 Å². The van der Waals surface area contributed by atoms with Crippen LogP contribution in [-0.4, -0.2) is 54.5 Å². The molecule has 0 spiro atoms. The summed E-state index contributed by atoms with van der Waals surface area (Å²) in [5.74, 6) is 0.273. The standard InChI is InChI=1S/C16H19N3O4S2/c20-15(12-11-17-19-5-2-8-23-16(12)19)18-6-4-14(13-3-1-9-24-13)25(21,22)10-7-18/h1,3,9,11,14H,2,4-8,10H2. The molecule has 0 radical (unpaired) electrons. The largest absolute Gasteiger partial charge is 0.477 e. The van der Waals surface area contributed by atoms with Gasteiger partial charge in [-0.15, -0.1) is 11.3 Å². The van der Waals surface area contributed by atoms with Crippen LogP contribution in [0.2, 0.25) is 0 Å². The minimum atomic E-state index is -3.27. The van der Waals surface area contributed by atoms with Gasteiger partial charge in [-0.2, -0.15) is 5.10 Å². The molecule has 2 aliphatic rings. The van der Waals surface area contributed by atoms with Crippen LogP contribution in [-0.2, 0) is 16.4 Å². The number of aryl methyl sites for hydroxylation is 1. The molecule has 1 unspecified atom stereocenters. The summed E-state index contributed by atoms with van der Waals surface area (Å²) in [6.45, 7) is 1.91. The second-order valence-corrected chi connectivity index (χ2v) is 9.52. The van der Waals surface area contributed by atoms with E-state index in [1.54, 1.807) is 9.58 Å². The number of amides is 1. The van der Waals surface area contributed by atoms with Gasteiger partial charge in [0, 0.05) is 30.9 Å². The van der Waals surface area contributed by atoms with Crippen molar-refractivity contribution in [1.29, 1.82) is 0 Å². The lowest BCUT2D eigenvalue weighted by molar-refractivity contribution is 0.0759. The van der Waals surface area contributed by atoms with Crippen LogP contribution in [0, 0.1) is 0 Å². The minimum absolute atomic E-state index is 0.0222. The Morgan fingerprint density at radius 2 is 2.20 bits per heavy atom. The van der Waals surface area contributed by atoms with Crippen LogP contribution in [0.1, 0.15) is 33.3 Å². The van der Waals surface area contributed by atoms with E-state index in [1.165, 1.54) is 17.5 Å². The molecule has 25 heavy (non-hydrogen) atoms. The van der Waals surface area contributed by atoms with Gasteiger partial charge in [-0.3, -0.25) is 4.79 Å². The monoisotopic (exact) mass is 381 g/mol. The number of thiophene rings is 1. The maximum absolute atomic E-state index is 12.9. The molecule has 134 valence electrons. The molecular formula is C16H19N3O4S2. The number of carbonyl (C=O) groups excluding carboxylic acids is 1. The Bertz CT molecular complexity index is 873. The summed E-state index contributed by atoms with van der Waals surface area (Å²) in [7, 11) is -3.27. The van der Waals surface area contributed by atoms with Crippen molar-refractivity contribution in [1.82, 2.24) is 14.7 Å². The first-order valence-electron chi connectivity index (χ1n) is 8.29. The fourth-order valence-corrected chi connectivity index (χ4v) is 6.33. The van der Waals surface area contributed by atoms with Crippen molar-refractivity contribution in [2.75, 3.05) is 25.4 Å². The van der Waals surface area contributed by atoms with Crippen molar-refractivity contribution in [3.8, 4) is 5.88 Å². The van der Waals surface area contributed by atoms with E-state index >= 15 is 0 Å². The average molecular weight is 381 g/mol. The zero-order chi connectivity index (χ0) is 17.4. The summed E-state index contributed by atoms with van der Waals surface area (Å²) >= 11 is 1.45. The molecule has 2 aromatic rings. The summed E-state index contributed by atoms with van der Waals surface area (Å²) in [5.41, 5.74) is 0.423. The van der Waals surface area contributed by atoms with Crippen LogP contribution in [0.15, 0.2) is 23.7 Å². The van der Waals surface area contributed by atoms with Crippen LogP contribution >= 0.6 is 11.3 Å². The zero-order valence-electron chi connectivity index (χ0n) is 13.6. The lowest BCUT2D eigenvalue weighted by Gasteiger charge is -2.21. The Kier molecular flexibility index (Phi) is 4.28. The maximum Gasteiger partial charge on any atom is 0.261 e. The molecule has 1 atom stereocenters. The highest BCUT2D eigenvalue weighted by Crippen LogP contribution is 2.33. The molecule has 1 saturated heterocycles. The minimum Gasteiger partial charge on any atom is -0.477 e. The molecule has 9 heteroatoms. The van der Waals surface area contributed by atoms with Crippen LogP contribution in [0.5, 0.6) is 5.88 Å². The number of hydrogen-bond donors (Lipinski definition) is 0. The van der Waals surface area contributed by atoms with E-state index in [4.69, 9.17) is 4.74 Å². The van der Waals surface area contributed by atoms with E-state index in [2.05, 4.69) is 5.10 Å². The number of carbonyl (C=O) groups is 1. The highest BCUT2D eigenvalue weighted by molar-refractivity contribution is 7.91. The molecular weight excluding hydrogens is 362 g/mol. The third-order valence-corrected chi connectivity index (χ3v) is 7.91. The number of fused-ring (bicyclic) bond motifs is 1. The van der Waals surface area contributed by atoms with Gasteiger partial charge in [0.15, 0.2) is 9.84 Å². The quantitative estimate of drug-likeness (QED) is 0.791. The molecule has 2 aliphatic heterocycles. The highest BCUT2D eigenvalue weighted by Gasteiger charge is 2.34. The molecule has 4 rings (SSSR count). The predicted molar refractivity (Wildman–Crippen MR) is 93.7 cm³/mol. The van der Waals surface area contributed by atoms with Crippen molar-refractivity contribution in [3.05, 3.63) is 34.2 Å². The van der Waals surface area contributed by atoms with E-state index in [0.717, 1.165) is 17.8 Å². The SMILES string of the molecule is O=C(c1cnn2c1OCCC2)N1CCC(c2cccs2)S(=O)(=O)CC1. The van der Waals surface area contributed by atoms with E-state index < -0.39 is 15.1 Å². The Morgan fingerprint density at radius 3 is 3.00 bits per heavy atom. The van der Waals surface area contributed by atoms with Gasteiger partial charge in [0.2, 0.25) is 5.88 Å². The molecule has 2 aromatic heterocycles. The Hall–Kier alpha value is -1.87. The number of hydrogen-bond acceptors (Lipinski definition) is 6. The molecule has 0 aliphatic carbocycles. The second kappa shape index (κ2) is 6.45. The predicted octanol–water partition coefficient (Wildman–Crippen LogP) is 1.73. The van der Waals surface area contributed by atoms with Crippen molar-refractivity contribution < 1.29 is 17.9 Å². The van der Waals surface area contributed by atoms with E-state index in [9.17, 15) is 13.2 Å². The second-order valence-electron chi connectivity index (χ2n) is 6.24.